The van der Waals surface area contributed by atoms with Gasteiger partial charge in [0.25, 0.3) is 0 Å². The van der Waals surface area contributed by atoms with Gasteiger partial charge in [0.2, 0.25) is 0 Å². The van der Waals surface area contributed by atoms with Crippen LogP contribution in [0.4, 0.5) is 32.0 Å². The van der Waals surface area contributed by atoms with E-state index in [1.54, 1.807) is 5.01 Å². The molecule has 1 aromatic rings. The van der Waals surface area contributed by atoms with Crippen LogP contribution in [0.25, 0.3) is 0 Å². The Labute approximate surface area is 146 Å². The SMILES string of the molecule is FC(F)(F)c1cc(N2NC23C2CC4CC(C2)CC3C4)cc(C(F)(F)F)c1. The molecule has 2 nitrogen and oxygen atoms in total. The molecule has 1 spiro atoms. The van der Waals surface area contributed by atoms with Gasteiger partial charge in [0.15, 0.2) is 0 Å². The van der Waals surface area contributed by atoms with Crippen LogP contribution in [0, 0.1) is 23.7 Å². The van der Waals surface area contributed by atoms with Crippen molar-refractivity contribution in [3.63, 3.8) is 0 Å². The summed E-state index contributed by atoms with van der Waals surface area (Å²) in [6.45, 7) is 0. The number of rotatable bonds is 1. The van der Waals surface area contributed by atoms with Gasteiger partial charge < -0.3 is 0 Å². The first-order valence-electron chi connectivity index (χ1n) is 8.95. The molecule has 1 saturated heterocycles. The van der Waals surface area contributed by atoms with Crippen molar-refractivity contribution in [3.05, 3.63) is 29.3 Å². The van der Waals surface area contributed by atoms with Crippen LogP contribution in [0.1, 0.15) is 43.2 Å². The quantitative estimate of drug-likeness (QED) is 0.538. The van der Waals surface area contributed by atoms with E-state index in [9.17, 15) is 26.3 Å². The first-order chi connectivity index (χ1) is 12.1. The minimum absolute atomic E-state index is 0.0281. The van der Waals surface area contributed by atoms with Gasteiger partial charge in [0.1, 0.15) is 5.66 Å². The zero-order valence-corrected chi connectivity index (χ0v) is 13.8. The molecule has 1 aliphatic heterocycles. The molecule has 26 heavy (non-hydrogen) atoms. The number of nitrogens with zero attached hydrogens (tertiary/aromatic N) is 1. The van der Waals surface area contributed by atoms with E-state index in [-0.39, 0.29) is 11.8 Å². The van der Waals surface area contributed by atoms with Gasteiger partial charge in [-0.3, -0.25) is 5.01 Å². The molecule has 8 heteroatoms. The van der Waals surface area contributed by atoms with E-state index in [1.807, 2.05) is 0 Å². The molecular formula is C18H18F6N2. The molecule has 0 atom stereocenters. The number of hydrogen-bond donors (Lipinski definition) is 1. The fourth-order valence-corrected chi connectivity index (χ4v) is 5.95. The molecule has 6 rings (SSSR count). The van der Waals surface area contributed by atoms with Crippen molar-refractivity contribution in [2.24, 2.45) is 23.7 Å². The maximum atomic E-state index is 13.1. The maximum Gasteiger partial charge on any atom is 0.416 e. The van der Waals surface area contributed by atoms with Crippen molar-refractivity contribution in [2.75, 3.05) is 5.01 Å². The van der Waals surface area contributed by atoms with E-state index in [0.717, 1.165) is 37.8 Å². The van der Waals surface area contributed by atoms with Gasteiger partial charge in [-0.2, -0.15) is 26.3 Å². The molecule has 0 unspecified atom stereocenters. The molecule has 4 saturated carbocycles. The molecule has 1 N–H and O–H groups in total. The number of alkyl halides is 6. The summed E-state index contributed by atoms with van der Waals surface area (Å²) >= 11 is 0. The molecule has 4 aliphatic carbocycles. The van der Waals surface area contributed by atoms with E-state index in [4.69, 9.17) is 0 Å². The van der Waals surface area contributed by atoms with Crippen LogP contribution >= 0.6 is 0 Å². The lowest BCUT2D eigenvalue weighted by atomic mass is 9.52. The molecule has 5 fully saturated rings. The highest BCUT2D eigenvalue weighted by atomic mass is 19.4. The zero-order valence-electron chi connectivity index (χ0n) is 13.8. The van der Waals surface area contributed by atoms with Crippen LogP contribution in [0.15, 0.2) is 18.2 Å². The Morgan fingerprint density at radius 1 is 0.769 bits per heavy atom. The Kier molecular flexibility index (Phi) is 3.14. The third kappa shape index (κ3) is 2.30. The second-order valence-corrected chi connectivity index (χ2v) is 8.34. The first-order valence-corrected chi connectivity index (χ1v) is 8.95. The van der Waals surface area contributed by atoms with Crippen molar-refractivity contribution in [3.8, 4) is 0 Å². The number of hydrogen-bond acceptors (Lipinski definition) is 2. The van der Waals surface area contributed by atoms with Crippen LogP contribution in [0.3, 0.4) is 0 Å². The predicted octanol–water partition coefficient (Wildman–Crippen LogP) is 5.20. The first kappa shape index (κ1) is 16.7. The van der Waals surface area contributed by atoms with Gasteiger partial charge in [-0.15, -0.1) is 0 Å². The summed E-state index contributed by atoms with van der Waals surface area (Å²) < 4.78 is 78.8. The molecule has 1 heterocycles. The fraction of sp³-hybridized carbons (Fsp3) is 0.667. The predicted molar refractivity (Wildman–Crippen MR) is 81.8 cm³/mol. The number of hydrazine groups is 1. The van der Waals surface area contributed by atoms with Crippen molar-refractivity contribution in [1.82, 2.24) is 5.43 Å². The van der Waals surface area contributed by atoms with Crippen LogP contribution < -0.4 is 10.4 Å². The molecule has 0 amide bonds. The number of anilines is 1. The third-order valence-corrected chi connectivity index (χ3v) is 6.82. The third-order valence-electron chi connectivity index (χ3n) is 6.82. The summed E-state index contributed by atoms with van der Waals surface area (Å²) in [4.78, 5) is 0. The Bertz CT molecular complexity index is 693. The number of halogens is 6. The molecular weight excluding hydrogens is 358 g/mol. The summed E-state index contributed by atoms with van der Waals surface area (Å²) in [6.07, 6.45) is -4.34. The summed E-state index contributed by atoms with van der Waals surface area (Å²) in [6, 6.07) is 1.86. The van der Waals surface area contributed by atoms with Crippen LogP contribution in [0.2, 0.25) is 0 Å². The molecule has 142 valence electrons. The second-order valence-electron chi connectivity index (χ2n) is 8.34. The van der Waals surface area contributed by atoms with Gasteiger partial charge >= 0.3 is 12.4 Å². The van der Waals surface area contributed by atoms with Crippen LogP contribution in [0.5, 0.6) is 0 Å². The lowest BCUT2D eigenvalue weighted by molar-refractivity contribution is -0.143. The monoisotopic (exact) mass is 376 g/mol. The number of nitrogens with one attached hydrogen (secondary N) is 1. The average Bonchev–Trinajstić information content (AvgIpc) is 3.26. The topological polar surface area (TPSA) is 25.0 Å². The Balaban J connectivity index is 1.53. The Morgan fingerprint density at radius 2 is 1.23 bits per heavy atom. The second kappa shape index (κ2) is 4.88. The van der Waals surface area contributed by atoms with E-state index < -0.39 is 29.1 Å². The lowest BCUT2D eigenvalue weighted by Crippen LogP contribution is -2.53. The lowest BCUT2D eigenvalue weighted by Gasteiger charge is -2.53. The van der Waals surface area contributed by atoms with Crippen molar-refractivity contribution >= 4 is 5.69 Å². The standard InChI is InChI=1S/C18H18F6N2/c19-17(20,21)13-6-14(18(22,23)24)8-15(7-13)26-16(25-26)11-2-9-1-10(4-11)5-12(16)3-9/h6-12,25H,1-5H2. The normalized spacial score (nSPS) is 38.3. The molecule has 0 aromatic heterocycles. The molecule has 4 bridgehead atoms. The summed E-state index contributed by atoms with van der Waals surface area (Å²) in [5.41, 5.74) is 0.218. The minimum atomic E-state index is -4.82. The smallest absolute Gasteiger partial charge is 0.284 e. The fourth-order valence-electron chi connectivity index (χ4n) is 5.95. The largest absolute Gasteiger partial charge is 0.416 e. The van der Waals surface area contributed by atoms with Crippen molar-refractivity contribution in [2.45, 2.75) is 50.1 Å². The summed E-state index contributed by atoms with van der Waals surface area (Å²) in [5.74, 6) is 1.95. The zero-order chi connectivity index (χ0) is 18.5. The van der Waals surface area contributed by atoms with Crippen LogP contribution in [-0.2, 0) is 12.4 Å². The Morgan fingerprint density at radius 3 is 1.65 bits per heavy atom. The van der Waals surface area contributed by atoms with Gasteiger partial charge in [-0.25, -0.2) is 5.43 Å². The van der Waals surface area contributed by atoms with E-state index in [1.165, 1.54) is 6.42 Å². The van der Waals surface area contributed by atoms with E-state index in [2.05, 4.69) is 5.43 Å². The minimum Gasteiger partial charge on any atom is -0.284 e. The summed E-state index contributed by atoms with van der Waals surface area (Å²) in [5, 5.41) is 1.59. The van der Waals surface area contributed by atoms with Gasteiger partial charge in [-0.1, -0.05) is 0 Å². The highest BCUT2D eigenvalue weighted by molar-refractivity contribution is 5.59. The van der Waals surface area contributed by atoms with Crippen molar-refractivity contribution < 1.29 is 26.3 Å². The molecule has 1 aromatic carbocycles. The average molecular weight is 376 g/mol. The highest BCUT2D eigenvalue weighted by Crippen LogP contribution is 2.63. The van der Waals surface area contributed by atoms with Gasteiger partial charge in [0, 0.05) is 0 Å². The highest BCUT2D eigenvalue weighted by Gasteiger charge is 2.68. The van der Waals surface area contributed by atoms with Gasteiger partial charge in [-0.05, 0) is 74.0 Å². The summed E-state index contributed by atoms with van der Waals surface area (Å²) in [7, 11) is 0. The number of benzene rings is 1. The van der Waals surface area contributed by atoms with Gasteiger partial charge in [0.05, 0.1) is 16.8 Å². The van der Waals surface area contributed by atoms with Crippen LogP contribution in [-0.4, -0.2) is 5.66 Å². The maximum absolute atomic E-state index is 13.1. The van der Waals surface area contributed by atoms with E-state index >= 15 is 0 Å². The molecule has 0 radical (unpaired) electrons. The van der Waals surface area contributed by atoms with Crippen molar-refractivity contribution in [1.29, 1.82) is 0 Å². The Hall–Kier alpha value is -1.44. The molecule has 5 aliphatic rings. The van der Waals surface area contributed by atoms with E-state index in [0.29, 0.717) is 23.7 Å².